The van der Waals surface area contributed by atoms with Crippen molar-refractivity contribution in [1.29, 1.82) is 0 Å². The molecule has 0 radical (unpaired) electrons. The molecule has 0 aromatic heterocycles. The van der Waals surface area contributed by atoms with Crippen LogP contribution in [0.15, 0.2) is 22.7 Å². The molecular formula is C12H15BrFNO2. The second-order valence-corrected chi connectivity index (χ2v) is 5.64. The van der Waals surface area contributed by atoms with Gasteiger partial charge < -0.3 is 5.11 Å². The molecule has 1 amide bonds. The van der Waals surface area contributed by atoms with Crippen LogP contribution in [0.4, 0.5) is 9.18 Å². The Labute approximate surface area is 108 Å². The van der Waals surface area contributed by atoms with Crippen molar-refractivity contribution in [2.45, 2.75) is 32.9 Å². The maximum Gasteiger partial charge on any atom is 0.408 e. The normalized spacial score (nSPS) is 11.4. The molecule has 0 saturated heterocycles. The summed E-state index contributed by atoms with van der Waals surface area (Å²) in [7, 11) is 0. The number of rotatable bonds is 2. The van der Waals surface area contributed by atoms with E-state index < -0.39 is 11.6 Å². The van der Waals surface area contributed by atoms with Crippen molar-refractivity contribution in [1.82, 2.24) is 4.90 Å². The zero-order valence-electron chi connectivity index (χ0n) is 10.00. The Hall–Kier alpha value is -1.10. The van der Waals surface area contributed by atoms with Crippen LogP contribution in [0.5, 0.6) is 0 Å². The Kier molecular flexibility index (Phi) is 4.14. The molecule has 0 heterocycles. The number of carboxylic acid groups (broad SMARTS) is 1. The summed E-state index contributed by atoms with van der Waals surface area (Å²) in [4.78, 5) is 12.5. The van der Waals surface area contributed by atoms with Crippen LogP contribution in [0.25, 0.3) is 0 Å². The van der Waals surface area contributed by atoms with Crippen molar-refractivity contribution < 1.29 is 14.3 Å². The molecule has 3 nitrogen and oxygen atoms in total. The Bertz CT molecular complexity index is 429. The van der Waals surface area contributed by atoms with Gasteiger partial charge in [0.15, 0.2) is 0 Å². The molecule has 0 unspecified atom stereocenters. The van der Waals surface area contributed by atoms with Crippen molar-refractivity contribution in [2.24, 2.45) is 0 Å². The lowest BCUT2D eigenvalue weighted by atomic mass is 10.1. The Balaban J connectivity index is 2.95. The third-order valence-corrected chi connectivity index (χ3v) is 2.97. The highest BCUT2D eigenvalue weighted by atomic mass is 79.9. The molecule has 5 heteroatoms. The third kappa shape index (κ3) is 3.70. The smallest absolute Gasteiger partial charge is 0.408 e. The summed E-state index contributed by atoms with van der Waals surface area (Å²) in [5, 5.41) is 9.13. The van der Waals surface area contributed by atoms with Crippen LogP contribution in [0.1, 0.15) is 26.3 Å². The number of benzene rings is 1. The second-order valence-electron chi connectivity index (χ2n) is 4.79. The average Bonchev–Trinajstić information content (AvgIpc) is 2.17. The van der Waals surface area contributed by atoms with E-state index in [2.05, 4.69) is 15.9 Å². The van der Waals surface area contributed by atoms with Gasteiger partial charge in [-0.1, -0.05) is 6.07 Å². The second kappa shape index (κ2) is 5.04. The molecule has 1 aromatic carbocycles. The van der Waals surface area contributed by atoms with Crippen LogP contribution in [-0.2, 0) is 6.54 Å². The minimum absolute atomic E-state index is 0.234. The van der Waals surface area contributed by atoms with Gasteiger partial charge in [-0.15, -0.1) is 0 Å². The third-order valence-electron chi connectivity index (χ3n) is 2.37. The number of carbonyl (C=O) groups is 1. The van der Waals surface area contributed by atoms with Crippen LogP contribution in [0.2, 0.25) is 0 Å². The van der Waals surface area contributed by atoms with Gasteiger partial charge in [-0.2, -0.15) is 0 Å². The van der Waals surface area contributed by atoms with Gasteiger partial charge in [-0.25, -0.2) is 9.18 Å². The van der Waals surface area contributed by atoms with E-state index in [4.69, 9.17) is 5.11 Å². The van der Waals surface area contributed by atoms with Crippen molar-refractivity contribution in [2.75, 3.05) is 0 Å². The SMILES string of the molecule is CC(C)(C)N(Cc1ccc(F)c(Br)c1)C(=O)O. The quantitative estimate of drug-likeness (QED) is 0.901. The molecule has 17 heavy (non-hydrogen) atoms. The lowest BCUT2D eigenvalue weighted by Gasteiger charge is -2.33. The summed E-state index contributed by atoms with van der Waals surface area (Å²) >= 11 is 3.08. The number of hydrogen-bond donors (Lipinski definition) is 1. The fraction of sp³-hybridized carbons (Fsp3) is 0.417. The Morgan fingerprint density at radius 2 is 2.06 bits per heavy atom. The molecule has 0 fully saturated rings. The summed E-state index contributed by atoms with van der Waals surface area (Å²) in [6, 6.07) is 4.50. The van der Waals surface area contributed by atoms with Crippen LogP contribution < -0.4 is 0 Å². The molecule has 1 rings (SSSR count). The van der Waals surface area contributed by atoms with Crippen molar-refractivity contribution in [3.63, 3.8) is 0 Å². The van der Waals surface area contributed by atoms with Gasteiger partial charge >= 0.3 is 6.09 Å². The van der Waals surface area contributed by atoms with E-state index in [1.807, 2.05) is 20.8 Å². The van der Waals surface area contributed by atoms with E-state index in [-0.39, 0.29) is 12.4 Å². The van der Waals surface area contributed by atoms with Gasteiger partial charge in [-0.3, -0.25) is 4.90 Å². The predicted octanol–water partition coefficient (Wildman–Crippen LogP) is 3.87. The number of amides is 1. The number of halogens is 2. The minimum atomic E-state index is -0.988. The van der Waals surface area contributed by atoms with Crippen LogP contribution in [-0.4, -0.2) is 21.6 Å². The Morgan fingerprint density at radius 3 is 2.47 bits per heavy atom. The van der Waals surface area contributed by atoms with E-state index >= 15 is 0 Å². The van der Waals surface area contributed by atoms with E-state index in [1.54, 1.807) is 12.1 Å². The fourth-order valence-electron chi connectivity index (χ4n) is 1.41. The van der Waals surface area contributed by atoms with Crippen molar-refractivity contribution in [3.05, 3.63) is 34.1 Å². The average molecular weight is 304 g/mol. The predicted molar refractivity (Wildman–Crippen MR) is 67.4 cm³/mol. The van der Waals surface area contributed by atoms with Gasteiger partial charge in [0, 0.05) is 12.1 Å². The summed E-state index contributed by atoms with van der Waals surface area (Å²) in [6.07, 6.45) is -0.988. The summed E-state index contributed by atoms with van der Waals surface area (Å²) in [6.45, 7) is 5.69. The fourth-order valence-corrected chi connectivity index (χ4v) is 1.84. The maximum absolute atomic E-state index is 13.1. The van der Waals surface area contributed by atoms with E-state index in [9.17, 15) is 9.18 Å². The van der Waals surface area contributed by atoms with E-state index in [0.717, 1.165) is 5.56 Å². The van der Waals surface area contributed by atoms with Gasteiger partial charge in [-0.05, 0) is 54.4 Å². The minimum Gasteiger partial charge on any atom is -0.465 e. The Morgan fingerprint density at radius 1 is 1.47 bits per heavy atom. The highest BCUT2D eigenvalue weighted by Crippen LogP contribution is 2.21. The highest BCUT2D eigenvalue weighted by molar-refractivity contribution is 9.10. The molecule has 0 atom stereocenters. The monoisotopic (exact) mass is 303 g/mol. The maximum atomic E-state index is 13.1. The van der Waals surface area contributed by atoms with Gasteiger partial charge in [0.25, 0.3) is 0 Å². The molecule has 0 spiro atoms. The van der Waals surface area contributed by atoms with E-state index in [0.29, 0.717) is 4.47 Å². The first-order valence-corrected chi connectivity index (χ1v) is 5.95. The molecule has 0 aliphatic heterocycles. The number of nitrogens with zero attached hydrogens (tertiary/aromatic N) is 1. The summed E-state index contributed by atoms with van der Waals surface area (Å²) in [5.74, 6) is -0.355. The zero-order valence-corrected chi connectivity index (χ0v) is 11.6. The van der Waals surface area contributed by atoms with Crippen LogP contribution in [0.3, 0.4) is 0 Å². The molecule has 0 bridgehead atoms. The summed E-state index contributed by atoms with van der Waals surface area (Å²) < 4.78 is 13.4. The number of hydrogen-bond acceptors (Lipinski definition) is 1. The van der Waals surface area contributed by atoms with Gasteiger partial charge in [0.1, 0.15) is 5.82 Å². The highest BCUT2D eigenvalue weighted by Gasteiger charge is 2.26. The van der Waals surface area contributed by atoms with Gasteiger partial charge in [0.05, 0.1) is 4.47 Å². The standard InChI is InChI=1S/C12H15BrFNO2/c1-12(2,3)15(11(16)17)7-8-4-5-10(14)9(13)6-8/h4-6H,7H2,1-3H3,(H,16,17). The lowest BCUT2D eigenvalue weighted by molar-refractivity contribution is 0.0955. The topological polar surface area (TPSA) is 40.5 Å². The largest absolute Gasteiger partial charge is 0.465 e. The molecule has 0 saturated carbocycles. The first-order valence-electron chi connectivity index (χ1n) is 5.16. The van der Waals surface area contributed by atoms with Crippen LogP contribution >= 0.6 is 15.9 Å². The molecule has 0 aliphatic carbocycles. The first-order chi connectivity index (χ1) is 7.71. The zero-order chi connectivity index (χ0) is 13.2. The molecule has 94 valence electrons. The molecule has 1 N–H and O–H groups in total. The van der Waals surface area contributed by atoms with E-state index in [1.165, 1.54) is 11.0 Å². The molecular weight excluding hydrogens is 289 g/mol. The first kappa shape index (κ1) is 14.0. The molecule has 1 aromatic rings. The van der Waals surface area contributed by atoms with Crippen molar-refractivity contribution >= 4 is 22.0 Å². The molecule has 0 aliphatic rings. The lowest BCUT2D eigenvalue weighted by Crippen LogP contribution is -2.44. The van der Waals surface area contributed by atoms with Crippen molar-refractivity contribution in [3.8, 4) is 0 Å². The van der Waals surface area contributed by atoms with Gasteiger partial charge in [0.2, 0.25) is 0 Å². The summed E-state index contributed by atoms with van der Waals surface area (Å²) in [5.41, 5.74) is 0.253. The van der Waals surface area contributed by atoms with Crippen LogP contribution in [0, 0.1) is 5.82 Å².